The molecule has 8 nitrogen and oxygen atoms in total. The van der Waals surface area contributed by atoms with Gasteiger partial charge in [-0.3, -0.25) is 14.4 Å². The fourth-order valence-corrected chi connectivity index (χ4v) is 8.18. The molecule has 8 unspecified atom stereocenters. The zero-order chi connectivity index (χ0) is 29.6. The zero-order valence-electron chi connectivity index (χ0n) is 24.5. The number of nitrogens with zero attached hydrogens (tertiary/aromatic N) is 2. The molecule has 5 aliphatic rings. The highest BCUT2D eigenvalue weighted by atomic mass is 35.5. The van der Waals surface area contributed by atoms with E-state index in [9.17, 15) is 18.8 Å². The lowest BCUT2D eigenvalue weighted by Crippen LogP contribution is -2.58. The van der Waals surface area contributed by atoms with Gasteiger partial charge >= 0.3 is 0 Å². The predicted molar refractivity (Wildman–Crippen MR) is 158 cm³/mol. The molecule has 0 aromatic heterocycles. The van der Waals surface area contributed by atoms with E-state index in [0.717, 1.165) is 45.3 Å². The van der Waals surface area contributed by atoms with Crippen LogP contribution in [0.2, 0.25) is 5.02 Å². The summed E-state index contributed by atoms with van der Waals surface area (Å²) in [5.74, 6) is -2.21. The van der Waals surface area contributed by atoms with Crippen molar-refractivity contribution < 1.29 is 23.5 Å². The molecular formula is C32H42ClFN4O4. The minimum absolute atomic E-state index is 0.0342. The first kappa shape index (κ1) is 29.6. The number of fused-ring (bicyclic) bond motifs is 1. The van der Waals surface area contributed by atoms with Crippen LogP contribution in [0.15, 0.2) is 30.4 Å². The van der Waals surface area contributed by atoms with E-state index >= 15 is 0 Å². The molecule has 1 aromatic carbocycles. The summed E-state index contributed by atoms with van der Waals surface area (Å²) in [4.78, 5) is 46.1. The topological polar surface area (TPSA) is 91.0 Å². The minimum Gasteiger partial charge on any atom is -0.359 e. The van der Waals surface area contributed by atoms with Crippen LogP contribution in [0.3, 0.4) is 0 Å². The molecule has 228 valence electrons. The summed E-state index contributed by atoms with van der Waals surface area (Å²) in [6.45, 7) is 7.82. The largest absolute Gasteiger partial charge is 0.359 e. The number of likely N-dealkylation sites (tertiary alicyclic amines) is 2. The van der Waals surface area contributed by atoms with Crippen molar-refractivity contribution in [1.82, 2.24) is 15.1 Å². The molecule has 1 aliphatic carbocycles. The SMILES string of the molecule is CC1CCCC(NC(=O)C2N(CCCN3CCCCC3)C(=O)C3C(C(=O)Nc4ccc(F)c(Cl)c4)C4C=CC32O4)C1C. The van der Waals surface area contributed by atoms with Crippen molar-refractivity contribution in [2.45, 2.75) is 82.6 Å². The Morgan fingerprint density at radius 2 is 1.88 bits per heavy atom. The second-order valence-electron chi connectivity index (χ2n) is 13.0. The van der Waals surface area contributed by atoms with E-state index in [1.807, 2.05) is 12.2 Å². The number of ether oxygens (including phenoxy) is 1. The van der Waals surface area contributed by atoms with Gasteiger partial charge in [0, 0.05) is 18.3 Å². The van der Waals surface area contributed by atoms with Gasteiger partial charge in [-0.25, -0.2) is 4.39 Å². The average molecular weight is 601 g/mol. The Hall–Kier alpha value is -2.49. The fourth-order valence-electron chi connectivity index (χ4n) is 8.00. The second-order valence-corrected chi connectivity index (χ2v) is 13.4. The zero-order valence-corrected chi connectivity index (χ0v) is 25.2. The molecule has 8 atom stereocenters. The van der Waals surface area contributed by atoms with E-state index in [0.29, 0.717) is 24.1 Å². The molecule has 2 bridgehead atoms. The maximum Gasteiger partial charge on any atom is 0.246 e. The lowest BCUT2D eigenvalue weighted by Gasteiger charge is -2.38. The summed E-state index contributed by atoms with van der Waals surface area (Å²) >= 11 is 5.94. The molecule has 1 saturated carbocycles. The third kappa shape index (κ3) is 5.26. The third-order valence-electron chi connectivity index (χ3n) is 10.5. The van der Waals surface area contributed by atoms with Crippen molar-refractivity contribution in [3.8, 4) is 0 Å². The molecule has 6 rings (SSSR count). The minimum atomic E-state index is -1.21. The molecular weight excluding hydrogens is 559 g/mol. The number of amides is 3. The van der Waals surface area contributed by atoms with Crippen LogP contribution in [0, 0.1) is 29.5 Å². The Bertz CT molecular complexity index is 1250. The Labute approximate surface area is 252 Å². The van der Waals surface area contributed by atoms with Crippen LogP contribution in [0.4, 0.5) is 10.1 Å². The van der Waals surface area contributed by atoms with Gasteiger partial charge in [0.25, 0.3) is 0 Å². The number of anilines is 1. The number of piperidine rings is 1. The fraction of sp³-hybridized carbons (Fsp3) is 0.656. The summed E-state index contributed by atoms with van der Waals surface area (Å²) in [5.41, 5.74) is -0.867. The maximum absolute atomic E-state index is 14.2. The van der Waals surface area contributed by atoms with Crippen LogP contribution in [-0.4, -0.2) is 77.5 Å². The van der Waals surface area contributed by atoms with Gasteiger partial charge < -0.3 is 25.2 Å². The molecule has 2 N–H and O–H groups in total. The Kier molecular flexibility index (Phi) is 8.37. The van der Waals surface area contributed by atoms with Crippen LogP contribution in [0.5, 0.6) is 0 Å². The Morgan fingerprint density at radius 1 is 1.10 bits per heavy atom. The summed E-state index contributed by atoms with van der Waals surface area (Å²) in [7, 11) is 0. The van der Waals surface area contributed by atoms with Crippen molar-refractivity contribution in [3.63, 3.8) is 0 Å². The van der Waals surface area contributed by atoms with Crippen molar-refractivity contribution >= 4 is 35.0 Å². The molecule has 4 fully saturated rings. The lowest BCUT2D eigenvalue weighted by molar-refractivity contribution is -0.141. The smallest absolute Gasteiger partial charge is 0.246 e. The van der Waals surface area contributed by atoms with Crippen molar-refractivity contribution in [2.75, 3.05) is 31.5 Å². The highest BCUT2D eigenvalue weighted by Crippen LogP contribution is 2.55. The standard InChI is InChI=1S/C32H42ClFN4O4/c1-19-8-6-9-24(20(19)2)36-30(40)28-32-13-12-25(42-32)26(29(39)35-21-10-11-23(34)22(33)18-21)27(32)31(41)38(28)17-7-16-37-14-4-3-5-15-37/h10-13,18-20,24-28H,3-9,14-17H2,1-2H3,(H,35,39)(H,36,40). The normalized spacial score (nSPS) is 35.9. The molecule has 4 aliphatic heterocycles. The summed E-state index contributed by atoms with van der Waals surface area (Å²) in [5, 5.41) is 6.01. The highest BCUT2D eigenvalue weighted by Gasteiger charge is 2.72. The Morgan fingerprint density at radius 3 is 2.64 bits per heavy atom. The number of hydrogen-bond acceptors (Lipinski definition) is 5. The number of benzene rings is 1. The number of hydrogen-bond donors (Lipinski definition) is 2. The van der Waals surface area contributed by atoms with Crippen LogP contribution in [-0.2, 0) is 19.1 Å². The number of halogens is 2. The first-order valence-corrected chi connectivity index (χ1v) is 16.0. The van der Waals surface area contributed by atoms with Crippen LogP contribution >= 0.6 is 11.6 Å². The quantitative estimate of drug-likeness (QED) is 0.432. The van der Waals surface area contributed by atoms with Gasteiger partial charge in [0.2, 0.25) is 17.7 Å². The van der Waals surface area contributed by atoms with E-state index in [1.54, 1.807) is 4.90 Å². The van der Waals surface area contributed by atoms with Crippen LogP contribution in [0.1, 0.15) is 58.8 Å². The van der Waals surface area contributed by atoms with Crippen LogP contribution in [0.25, 0.3) is 0 Å². The van der Waals surface area contributed by atoms with E-state index in [4.69, 9.17) is 16.3 Å². The average Bonchev–Trinajstić information content (AvgIpc) is 3.61. The van der Waals surface area contributed by atoms with Gasteiger partial charge in [-0.05, 0) is 75.4 Å². The van der Waals surface area contributed by atoms with Gasteiger partial charge in [0.15, 0.2) is 0 Å². The monoisotopic (exact) mass is 600 g/mol. The number of rotatable bonds is 8. The summed E-state index contributed by atoms with van der Waals surface area (Å²) < 4.78 is 20.2. The summed E-state index contributed by atoms with van der Waals surface area (Å²) in [6, 6.07) is 3.16. The Balaban J connectivity index is 1.25. The van der Waals surface area contributed by atoms with Crippen molar-refractivity contribution in [3.05, 3.63) is 41.2 Å². The third-order valence-corrected chi connectivity index (χ3v) is 10.8. The van der Waals surface area contributed by atoms with E-state index < -0.39 is 41.3 Å². The van der Waals surface area contributed by atoms with E-state index in [1.165, 1.54) is 37.5 Å². The van der Waals surface area contributed by atoms with Crippen molar-refractivity contribution in [1.29, 1.82) is 0 Å². The van der Waals surface area contributed by atoms with Gasteiger partial charge in [-0.2, -0.15) is 0 Å². The lowest BCUT2D eigenvalue weighted by atomic mass is 9.73. The van der Waals surface area contributed by atoms with Gasteiger partial charge in [0.05, 0.1) is 23.0 Å². The predicted octanol–water partition coefficient (Wildman–Crippen LogP) is 4.39. The molecule has 3 saturated heterocycles. The van der Waals surface area contributed by atoms with Gasteiger partial charge in [0.1, 0.15) is 17.5 Å². The highest BCUT2D eigenvalue weighted by molar-refractivity contribution is 6.31. The van der Waals surface area contributed by atoms with E-state index in [2.05, 4.69) is 29.4 Å². The maximum atomic E-state index is 14.2. The first-order valence-electron chi connectivity index (χ1n) is 15.7. The number of carbonyl (C=O) groups excluding carboxylic acids is 3. The molecule has 4 heterocycles. The molecule has 1 spiro atoms. The van der Waals surface area contributed by atoms with E-state index in [-0.39, 0.29) is 22.9 Å². The molecule has 0 radical (unpaired) electrons. The summed E-state index contributed by atoms with van der Waals surface area (Å²) in [6.07, 6.45) is 10.5. The number of nitrogens with one attached hydrogen (secondary N) is 2. The first-order chi connectivity index (χ1) is 20.2. The van der Waals surface area contributed by atoms with Gasteiger partial charge in [-0.15, -0.1) is 0 Å². The van der Waals surface area contributed by atoms with Gasteiger partial charge in [-0.1, -0.05) is 56.9 Å². The second kappa shape index (κ2) is 11.9. The van der Waals surface area contributed by atoms with Crippen molar-refractivity contribution in [2.24, 2.45) is 23.7 Å². The van der Waals surface area contributed by atoms with Crippen LogP contribution < -0.4 is 10.6 Å². The molecule has 42 heavy (non-hydrogen) atoms. The molecule has 10 heteroatoms. The molecule has 1 aromatic rings. The molecule has 3 amide bonds. The number of carbonyl (C=O) groups is 3.